The predicted octanol–water partition coefficient (Wildman–Crippen LogP) is 4.04. The Morgan fingerprint density at radius 2 is 2.00 bits per heavy atom. The average Bonchev–Trinajstić information content (AvgIpc) is 2.66. The summed E-state index contributed by atoms with van der Waals surface area (Å²) in [6.45, 7) is 3.04. The zero-order valence-electron chi connectivity index (χ0n) is 15.2. The highest BCUT2D eigenvalue weighted by atomic mass is 35.5. The fraction of sp³-hybridized carbons (Fsp3) is 0.333. The molecule has 1 aliphatic rings. The number of piperidine rings is 1. The van der Waals surface area contributed by atoms with Crippen LogP contribution in [0.4, 0.5) is 4.39 Å². The summed E-state index contributed by atoms with van der Waals surface area (Å²) >= 11 is 6.14. The molecule has 6 heteroatoms. The maximum absolute atomic E-state index is 13.3. The molecule has 0 spiro atoms. The van der Waals surface area contributed by atoms with E-state index in [2.05, 4.69) is 5.32 Å². The van der Waals surface area contributed by atoms with Crippen LogP contribution < -0.4 is 5.32 Å². The van der Waals surface area contributed by atoms with Crippen molar-refractivity contribution in [2.45, 2.75) is 26.3 Å². The van der Waals surface area contributed by atoms with Crippen LogP contribution in [0.5, 0.6) is 0 Å². The molecule has 1 aliphatic heterocycles. The Balaban J connectivity index is 1.67. The molecule has 3 rings (SSSR count). The number of carbonyl (C=O) groups is 2. The number of rotatable bonds is 4. The fourth-order valence-electron chi connectivity index (χ4n) is 3.45. The van der Waals surface area contributed by atoms with Crippen LogP contribution in [-0.2, 0) is 11.3 Å². The van der Waals surface area contributed by atoms with Gasteiger partial charge in [0.2, 0.25) is 5.91 Å². The number of nitrogens with zero attached hydrogens (tertiary/aromatic N) is 1. The molecule has 2 aromatic rings. The standard InChI is InChI=1S/C21H22ClFN2O2/c1-21(20(27)24-13-15-6-4-7-16(23)12-15)10-5-11-25(14-21)19(26)17-8-2-3-9-18(17)22/h2-4,6-9,12H,5,10-11,13-14H2,1H3,(H,24,27)/t21-/m1/s1. The van der Waals surface area contributed by atoms with E-state index in [4.69, 9.17) is 11.6 Å². The van der Waals surface area contributed by atoms with Crippen LogP contribution >= 0.6 is 11.6 Å². The Hall–Kier alpha value is -2.40. The van der Waals surface area contributed by atoms with Crippen molar-refractivity contribution < 1.29 is 14.0 Å². The van der Waals surface area contributed by atoms with Gasteiger partial charge in [-0.2, -0.15) is 0 Å². The Bertz CT molecular complexity index is 858. The first kappa shape index (κ1) is 19.4. The largest absolute Gasteiger partial charge is 0.351 e. The molecule has 1 atom stereocenters. The minimum atomic E-state index is -0.692. The molecule has 0 saturated carbocycles. The highest BCUT2D eigenvalue weighted by molar-refractivity contribution is 6.33. The number of benzene rings is 2. The van der Waals surface area contributed by atoms with Crippen LogP contribution in [0, 0.1) is 11.2 Å². The summed E-state index contributed by atoms with van der Waals surface area (Å²) in [4.78, 5) is 27.3. The summed E-state index contributed by atoms with van der Waals surface area (Å²) in [5.41, 5.74) is 0.456. The van der Waals surface area contributed by atoms with E-state index in [0.717, 1.165) is 6.42 Å². The lowest BCUT2D eigenvalue weighted by Gasteiger charge is -2.39. The monoisotopic (exact) mass is 388 g/mol. The minimum absolute atomic E-state index is 0.136. The molecule has 2 aromatic carbocycles. The van der Waals surface area contributed by atoms with E-state index in [0.29, 0.717) is 35.7 Å². The number of hydrogen-bond acceptors (Lipinski definition) is 2. The molecule has 27 heavy (non-hydrogen) atoms. The third-order valence-corrected chi connectivity index (χ3v) is 5.31. The molecule has 1 fully saturated rings. The second-order valence-corrected chi connectivity index (χ2v) is 7.59. The smallest absolute Gasteiger partial charge is 0.255 e. The summed E-state index contributed by atoms with van der Waals surface area (Å²) in [5, 5.41) is 3.29. The van der Waals surface area contributed by atoms with Gasteiger partial charge in [-0.05, 0) is 49.6 Å². The van der Waals surface area contributed by atoms with Gasteiger partial charge < -0.3 is 10.2 Å². The second-order valence-electron chi connectivity index (χ2n) is 7.18. The Morgan fingerprint density at radius 3 is 2.74 bits per heavy atom. The molecule has 1 heterocycles. The van der Waals surface area contributed by atoms with Gasteiger partial charge in [-0.25, -0.2) is 4.39 Å². The summed E-state index contributed by atoms with van der Waals surface area (Å²) < 4.78 is 13.3. The molecule has 0 radical (unpaired) electrons. The third-order valence-electron chi connectivity index (χ3n) is 4.98. The lowest BCUT2D eigenvalue weighted by Crippen LogP contribution is -2.51. The van der Waals surface area contributed by atoms with E-state index in [1.807, 2.05) is 6.92 Å². The van der Waals surface area contributed by atoms with Crippen LogP contribution in [0.25, 0.3) is 0 Å². The van der Waals surface area contributed by atoms with Gasteiger partial charge in [0.1, 0.15) is 5.82 Å². The predicted molar refractivity (Wildman–Crippen MR) is 103 cm³/mol. The summed E-state index contributed by atoms with van der Waals surface area (Å²) in [5.74, 6) is -0.630. The Kier molecular flexibility index (Phi) is 5.80. The van der Waals surface area contributed by atoms with E-state index in [9.17, 15) is 14.0 Å². The molecule has 2 amide bonds. The average molecular weight is 389 g/mol. The molecule has 142 valence electrons. The van der Waals surface area contributed by atoms with Crippen molar-refractivity contribution in [2.75, 3.05) is 13.1 Å². The number of halogens is 2. The lowest BCUT2D eigenvalue weighted by atomic mass is 9.80. The third kappa shape index (κ3) is 4.48. The van der Waals surface area contributed by atoms with Crippen LogP contribution in [-0.4, -0.2) is 29.8 Å². The van der Waals surface area contributed by atoms with E-state index in [-0.39, 0.29) is 24.2 Å². The van der Waals surface area contributed by atoms with Gasteiger partial charge in [0.15, 0.2) is 0 Å². The normalized spacial score (nSPS) is 19.6. The zero-order chi connectivity index (χ0) is 19.4. The van der Waals surface area contributed by atoms with Gasteiger partial charge >= 0.3 is 0 Å². The van der Waals surface area contributed by atoms with Crippen LogP contribution in [0.15, 0.2) is 48.5 Å². The molecular weight excluding hydrogens is 367 g/mol. The first-order chi connectivity index (χ1) is 12.9. The number of nitrogens with one attached hydrogen (secondary N) is 1. The Morgan fingerprint density at radius 1 is 1.22 bits per heavy atom. The molecule has 1 N–H and O–H groups in total. The first-order valence-corrected chi connectivity index (χ1v) is 9.33. The van der Waals surface area contributed by atoms with Gasteiger partial charge in [-0.1, -0.05) is 35.9 Å². The maximum atomic E-state index is 13.3. The van der Waals surface area contributed by atoms with Gasteiger partial charge in [0.05, 0.1) is 16.0 Å². The summed E-state index contributed by atoms with van der Waals surface area (Å²) in [6, 6.07) is 13.1. The van der Waals surface area contributed by atoms with Crippen LogP contribution in [0.2, 0.25) is 5.02 Å². The molecule has 0 bridgehead atoms. The SMILES string of the molecule is C[C@@]1(C(=O)NCc2cccc(F)c2)CCCN(C(=O)c2ccccc2Cl)C1. The van der Waals surface area contributed by atoms with E-state index < -0.39 is 5.41 Å². The molecule has 4 nitrogen and oxygen atoms in total. The lowest BCUT2D eigenvalue weighted by molar-refractivity contribution is -0.132. The first-order valence-electron chi connectivity index (χ1n) is 8.96. The maximum Gasteiger partial charge on any atom is 0.255 e. The Labute approximate surface area is 163 Å². The van der Waals surface area contributed by atoms with Crippen molar-refractivity contribution in [3.05, 3.63) is 70.5 Å². The van der Waals surface area contributed by atoms with Crippen molar-refractivity contribution in [3.8, 4) is 0 Å². The number of amides is 2. The van der Waals surface area contributed by atoms with Gasteiger partial charge in [0.25, 0.3) is 5.91 Å². The van der Waals surface area contributed by atoms with Crippen LogP contribution in [0.3, 0.4) is 0 Å². The molecule has 0 aliphatic carbocycles. The number of likely N-dealkylation sites (tertiary alicyclic amines) is 1. The molecular formula is C21H22ClFN2O2. The van der Waals surface area contributed by atoms with E-state index in [1.165, 1.54) is 12.1 Å². The second kappa shape index (κ2) is 8.09. The van der Waals surface area contributed by atoms with Crippen molar-refractivity contribution in [2.24, 2.45) is 5.41 Å². The topological polar surface area (TPSA) is 49.4 Å². The summed E-state index contributed by atoms with van der Waals surface area (Å²) in [6.07, 6.45) is 1.42. The number of hydrogen-bond donors (Lipinski definition) is 1. The quantitative estimate of drug-likeness (QED) is 0.859. The molecule has 0 unspecified atom stereocenters. The van der Waals surface area contributed by atoms with Crippen molar-refractivity contribution in [3.63, 3.8) is 0 Å². The van der Waals surface area contributed by atoms with E-state index >= 15 is 0 Å². The highest BCUT2D eigenvalue weighted by Crippen LogP contribution is 2.31. The van der Waals surface area contributed by atoms with Crippen molar-refractivity contribution in [1.82, 2.24) is 10.2 Å². The molecule has 0 aromatic heterocycles. The van der Waals surface area contributed by atoms with E-state index in [1.54, 1.807) is 41.3 Å². The molecule has 1 saturated heterocycles. The van der Waals surface area contributed by atoms with Crippen molar-refractivity contribution in [1.29, 1.82) is 0 Å². The van der Waals surface area contributed by atoms with Gasteiger partial charge in [0, 0.05) is 19.6 Å². The highest BCUT2D eigenvalue weighted by Gasteiger charge is 2.39. The summed E-state index contributed by atoms with van der Waals surface area (Å²) in [7, 11) is 0. The number of carbonyl (C=O) groups excluding carboxylic acids is 2. The van der Waals surface area contributed by atoms with Crippen molar-refractivity contribution >= 4 is 23.4 Å². The fourth-order valence-corrected chi connectivity index (χ4v) is 3.66. The minimum Gasteiger partial charge on any atom is -0.351 e. The van der Waals surface area contributed by atoms with Gasteiger partial charge in [-0.15, -0.1) is 0 Å². The van der Waals surface area contributed by atoms with Crippen LogP contribution in [0.1, 0.15) is 35.7 Å². The van der Waals surface area contributed by atoms with Gasteiger partial charge in [-0.3, -0.25) is 9.59 Å². The zero-order valence-corrected chi connectivity index (χ0v) is 15.9.